The quantitative estimate of drug-likeness (QED) is 0.354. The predicted octanol–water partition coefficient (Wildman–Crippen LogP) is 5.22. The second kappa shape index (κ2) is 10.3. The van der Waals surface area contributed by atoms with E-state index in [1.165, 1.54) is 28.2 Å². The zero-order valence-electron chi connectivity index (χ0n) is 19.3. The first kappa shape index (κ1) is 23.0. The van der Waals surface area contributed by atoms with Gasteiger partial charge >= 0.3 is 0 Å². The molecule has 1 aliphatic heterocycles. The van der Waals surface area contributed by atoms with Gasteiger partial charge in [-0.2, -0.15) is 0 Å². The average Bonchev–Trinajstić information content (AvgIpc) is 3.56. The molecule has 0 N–H and O–H groups in total. The van der Waals surface area contributed by atoms with Crippen molar-refractivity contribution in [1.29, 1.82) is 0 Å². The van der Waals surface area contributed by atoms with Gasteiger partial charge in [-0.1, -0.05) is 24.3 Å². The lowest BCUT2D eigenvalue weighted by atomic mass is 10.1. The van der Waals surface area contributed by atoms with E-state index < -0.39 is 0 Å². The topological polar surface area (TPSA) is 69.5 Å². The lowest BCUT2D eigenvalue weighted by Crippen LogP contribution is -2.42. The first-order valence-electron chi connectivity index (χ1n) is 11.6. The van der Waals surface area contributed by atoms with Crippen LogP contribution in [0.15, 0.2) is 66.0 Å². The fourth-order valence-electron chi connectivity index (χ4n) is 4.08. The first-order chi connectivity index (χ1) is 17.1. The fraction of sp³-hybridized carbons (Fsp3) is 0.269. The van der Waals surface area contributed by atoms with Gasteiger partial charge < -0.3 is 14.4 Å². The molecule has 3 heterocycles. The molecular formula is C26H25FN4O3S. The summed E-state index contributed by atoms with van der Waals surface area (Å²) in [6, 6.07) is 17.5. The zero-order valence-corrected chi connectivity index (χ0v) is 20.1. The van der Waals surface area contributed by atoms with Crippen molar-refractivity contribution in [3.63, 3.8) is 0 Å². The highest BCUT2D eigenvalue weighted by Crippen LogP contribution is 2.30. The average molecular weight is 493 g/mol. The molecule has 1 saturated heterocycles. The van der Waals surface area contributed by atoms with Crippen LogP contribution < -0.4 is 9.47 Å². The second-order valence-electron chi connectivity index (χ2n) is 8.12. The van der Waals surface area contributed by atoms with Crippen molar-refractivity contribution in [2.75, 3.05) is 19.7 Å². The van der Waals surface area contributed by atoms with Crippen LogP contribution in [0.25, 0.3) is 16.4 Å². The van der Waals surface area contributed by atoms with Gasteiger partial charge in [0.15, 0.2) is 17.3 Å². The summed E-state index contributed by atoms with van der Waals surface area (Å²) in [6.45, 7) is 3.57. The van der Waals surface area contributed by atoms with Crippen LogP contribution in [0, 0.1) is 5.82 Å². The molecule has 1 aliphatic rings. The molecule has 0 spiro atoms. The van der Waals surface area contributed by atoms with E-state index in [1.807, 2.05) is 48.7 Å². The molecule has 1 fully saturated rings. The molecule has 0 unspecified atom stereocenters. The van der Waals surface area contributed by atoms with E-state index >= 15 is 0 Å². The Balaban J connectivity index is 1.31. The molecule has 2 aromatic carbocycles. The number of thiophene rings is 1. The summed E-state index contributed by atoms with van der Waals surface area (Å²) in [6.07, 6.45) is 1.36. The Kier molecular flexibility index (Phi) is 6.76. The second-order valence-corrected chi connectivity index (χ2v) is 9.06. The number of aromatic nitrogens is 3. The number of ether oxygens (including phenoxy) is 2. The molecule has 2 aromatic heterocycles. The minimum Gasteiger partial charge on any atom is -0.490 e. The predicted molar refractivity (Wildman–Crippen MR) is 132 cm³/mol. The van der Waals surface area contributed by atoms with Gasteiger partial charge in [-0.25, -0.2) is 14.1 Å². The Labute approximate surface area is 206 Å². The van der Waals surface area contributed by atoms with E-state index in [4.69, 9.17) is 9.47 Å². The van der Waals surface area contributed by atoms with Crippen LogP contribution in [0.1, 0.15) is 30.4 Å². The molecule has 0 saturated carbocycles. The minimum absolute atomic E-state index is 0.0138. The summed E-state index contributed by atoms with van der Waals surface area (Å²) in [5, 5.41) is 6.40. The Bertz CT molecular complexity index is 1300. The summed E-state index contributed by atoms with van der Waals surface area (Å²) >= 11 is 1.49. The van der Waals surface area contributed by atoms with Crippen molar-refractivity contribution >= 4 is 17.2 Å². The third kappa shape index (κ3) is 5.05. The number of likely N-dealkylation sites (tertiary alicyclic amines) is 1. The van der Waals surface area contributed by atoms with E-state index in [2.05, 4.69) is 10.1 Å². The standard InChI is InChI=1S/C26H25FN4O3S/c1-2-33-21-9-3-4-10-22(21)34-20-12-14-30(15-13-20)26(32)24-28-25(23-11-6-16-35-23)31(29-24)19-8-5-7-18(27)17-19/h3-11,16-17,20H,2,12-15H2,1H3. The highest BCUT2D eigenvalue weighted by atomic mass is 32.1. The molecule has 0 bridgehead atoms. The van der Waals surface area contributed by atoms with Crippen molar-refractivity contribution in [2.45, 2.75) is 25.9 Å². The van der Waals surface area contributed by atoms with E-state index in [1.54, 1.807) is 17.0 Å². The Morgan fingerprint density at radius 1 is 1.09 bits per heavy atom. The minimum atomic E-state index is -0.379. The first-order valence-corrected chi connectivity index (χ1v) is 12.4. The molecule has 0 aliphatic carbocycles. The third-order valence-corrected chi connectivity index (χ3v) is 6.63. The van der Waals surface area contributed by atoms with E-state index in [0.29, 0.717) is 44.0 Å². The van der Waals surface area contributed by atoms with Gasteiger partial charge in [0.05, 0.1) is 17.2 Å². The highest BCUT2D eigenvalue weighted by molar-refractivity contribution is 7.13. The lowest BCUT2D eigenvalue weighted by Gasteiger charge is -2.31. The molecule has 1 amide bonds. The van der Waals surface area contributed by atoms with Gasteiger partial charge in [0, 0.05) is 25.9 Å². The molecule has 5 rings (SSSR count). The summed E-state index contributed by atoms with van der Waals surface area (Å²) < 4.78 is 27.3. The SMILES string of the molecule is CCOc1ccccc1OC1CCN(C(=O)c2nc(-c3cccs3)n(-c3cccc(F)c3)n2)CC1. The van der Waals surface area contributed by atoms with Crippen molar-refractivity contribution in [3.05, 3.63) is 77.7 Å². The van der Waals surface area contributed by atoms with Gasteiger partial charge in [-0.15, -0.1) is 16.4 Å². The molecule has 180 valence electrons. The van der Waals surface area contributed by atoms with Crippen molar-refractivity contribution < 1.29 is 18.7 Å². The number of halogens is 1. The van der Waals surface area contributed by atoms with E-state index in [-0.39, 0.29) is 23.7 Å². The van der Waals surface area contributed by atoms with Crippen LogP contribution in [0.5, 0.6) is 11.5 Å². The summed E-state index contributed by atoms with van der Waals surface area (Å²) in [5.41, 5.74) is 0.514. The van der Waals surface area contributed by atoms with Gasteiger partial charge in [-0.3, -0.25) is 4.79 Å². The van der Waals surface area contributed by atoms with Crippen LogP contribution >= 0.6 is 11.3 Å². The van der Waals surface area contributed by atoms with Gasteiger partial charge in [0.2, 0.25) is 5.82 Å². The van der Waals surface area contributed by atoms with Crippen molar-refractivity contribution in [1.82, 2.24) is 19.7 Å². The molecule has 7 nitrogen and oxygen atoms in total. The fourth-order valence-corrected chi connectivity index (χ4v) is 4.77. The lowest BCUT2D eigenvalue weighted by molar-refractivity contribution is 0.0578. The van der Waals surface area contributed by atoms with Gasteiger partial charge in [-0.05, 0) is 48.7 Å². The largest absolute Gasteiger partial charge is 0.490 e. The van der Waals surface area contributed by atoms with Gasteiger partial charge in [0.25, 0.3) is 5.91 Å². The third-order valence-electron chi connectivity index (χ3n) is 5.76. The summed E-state index contributed by atoms with van der Waals surface area (Å²) in [5.74, 6) is 1.43. The highest BCUT2D eigenvalue weighted by Gasteiger charge is 2.29. The Morgan fingerprint density at radius 3 is 2.60 bits per heavy atom. The van der Waals surface area contributed by atoms with Crippen LogP contribution in [0.3, 0.4) is 0 Å². The Morgan fingerprint density at radius 2 is 1.89 bits per heavy atom. The normalized spacial score (nSPS) is 14.2. The van der Waals surface area contributed by atoms with Crippen LogP contribution in [0.4, 0.5) is 4.39 Å². The molecular weight excluding hydrogens is 467 g/mol. The maximum absolute atomic E-state index is 13.9. The maximum Gasteiger partial charge on any atom is 0.293 e. The number of benzene rings is 2. The maximum atomic E-state index is 13.9. The zero-order chi connectivity index (χ0) is 24.2. The monoisotopic (exact) mass is 492 g/mol. The van der Waals surface area contributed by atoms with Crippen LogP contribution in [-0.2, 0) is 0 Å². The number of piperidine rings is 1. The molecule has 35 heavy (non-hydrogen) atoms. The number of para-hydroxylation sites is 2. The number of hydrogen-bond donors (Lipinski definition) is 0. The van der Waals surface area contributed by atoms with E-state index in [0.717, 1.165) is 16.4 Å². The molecule has 0 atom stereocenters. The number of amides is 1. The van der Waals surface area contributed by atoms with Crippen LogP contribution in [0.2, 0.25) is 0 Å². The van der Waals surface area contributed by atoms with Crippen molar-refractivity contribution in [2.24, 2.45) is 0 Å². The number of carbonyl (C=O) groups excluding carboxylic acids is 1. The smallest absolute Gasteiger partial charge is 0.293 e. The molecule has 4 aromatic rings. The number of nitrogens with zero attached hydrogens (tertiary/aromatic N) is 4. The van der Waals surface area contributed by atoms with Gasteiger partial charge in [0.1, 0.15) is 11.9 Å². The number of rotatable bonds is 7. The van der Waals surface area contributed by atoms with Crippen LogP contribution in [-0.4, -0.2) is 51.4 Å². The molecule has 9 heteroatoms. The summed E-state index contributed by atoms with van der Waals surface area (Å²) in [7, 11) is 0. The number of carbonyl (C=O) groups is 1. The van der Waals surface area contributed by atoms with E-state index in [9.17, 15) is 9.18 Å². The summed E-state index contributed by atoms with van der Waals surface area (Å²) in [4.78, 5) is 20.4. The number of hydrogen-bond acceptors (Lipinski definition) is 6. The Hall–Kier alpha value is -3.72. The van der Waals surface area contributed by atoms with Crippen molar-refractivity contribution in [3.8, 4) is 27.9 Å². The molecule has 0 radical (unpaired) electrons.